The average molecular weight is 398 g/mol. The number of carbonyl (C=O) groups is 2. The van der Waals surface area contributed by atoms with Gasteiger partial charge in [0.15, 0.2) is 6.20 Å². The summed E-state index contributed by atoms with van der Waals surface area (Å²) in [6.07, 6.45) is 1.95. The van der Waals surface area contributed by atoms with Gasteiger partial charge in [-0.3, -0.25) is 0 Å². The molecule has 1 aliphatic carbocycles. The first kappa shape index (κ1) is 18.3. The Morgan fingerprint density at radius 2 is 1.50 bits per heavy atom. The van der Waals surface area contributed by atoms with E-state index in [1.54, 1.807) is 0 Å². The van der Waals surface area contributed by atoms with Crippen molar-refractivity contribution in [2.24, 2.45) is 0 Å². The van der Waals surface area contributed by atoms with Crippen LogP contribution in [-0.4, -0.2) is 26.2 Å². The molecule has 1 aromatic heterocycles. The molecule has 2 bridgehead atoms. The molecule has 5 nitrogen and oxygen atoms in total. The highest BCUT2D eigenvalue weighted by Crippen LogP contribution is 2.56. The van der Waals surface area contributed by atoms with Crippen molar-refractivity contribution in [3.05, 3.63) is 113 Å². The van der Waals surface area contributed by atoms with Crippen LogP contribution >= 0.6 is 0 Å². The summed E-state index contributed by atoms with van der Waals surface area (Å²) >= 11 is 0. The van der Waals surface area contributed by atoms with Crippen LogP contribution in [0.2, 0.25) is 0 Å². The third kappa shape index (κ3) is 2.15. The molecule has 2 aromatic carbocycles. The molecule has 30 heavy (non-hydrogen) atoms. The first-order chi connectivity index (χ1) is 14.7. The number of benzene rings is 2. The minimum Gasteiger partial charge on any atom is -0.466 e. The van der Waals surface area contributed by atoms with E-state index in [4.69, 9.17) is 9.47 Å². The Morgan fingerprint density at radius 3 is 2.23 bits per heavy atom. The second-order valence-corrected chi connectivity index (χ2v) is 7.37. The van der Waals surface area contributed by atoms with E-state index in [9.17, 15) is 9.59 Å². The number of rotatable bonds is 3. The second kappa shape index (κ2) is 6.66. The van der Waals surface area contributed by atoms with Crippen LogP contribution in [0.4, 0.5) is 0 Å². The van der Waals surface area contributed by atoms with Gasteiger partial charge in [-0.25, -0.2) is 9.59 Å². The van der Waals surface area contributed by atoms with Crippen molar-refractivity contribution in [1.82, 2.24) is 0 Å². The van der Waals surface area contributed by atoms with Crippen molar-refractivity contribution in [2.75, 3.05) is 14.2 Å². The highest BCUT2D eigenvalue weighted by Gasteiger charge is 2.63. The summed E-state index contributed by atoms with van der Waals surface area (Å²) in [5, 5.41) is 0. The number of aromatic nitrogens is 1. The Bertz CT molecular complexity index is 1170. The van der Waals surface area contributed by atoms with Crippen LogP contribution in [0.15, 0.2) is 90.1 Å². The Kier molecular flexibility index (Phi) is 4.07. The number of ether oxygens (including phenoxy) is 2. The van der Waals surface area contributed by atoms with Crippen LogP contribution in [0, 0.1) is 0 Å². The maximum atomic E-state index is 13.3. The van der Waals surface area contributed by atoms with Crippen molar-refractivity contribution in [1.29, 1.82) is 0 Å². The molecule has 0 spiro atoms. The van der Waals surface area contributed by atoms with Crippen molar-refractivity contribution in [2.45, 2.75) is 11.5 Å². The molecule has 3 aliphatic rings. The number of nitrogens with zero attached hydrogens (tertiary/aromatic N) is 1. The predicted molar refractivity (Wildman–Crippen MR) is 109 cm³/mol. The lowest BCUT2D eigenvalue weighted by molar-refractivity contribution is -0.719. The first-order valence-electron chi connectivity index (χ1n) is 9.73. The summed E-state index contributed by atoms with van der Waals surface area (Å²) in [7, 11) is 2.68. The molecule has 148 valence electrons. The van der Waals surface area contributed by atoms with E-state index in [0.717, 1.165) is 22.4 Å². The highest BCUT2D eigenvalue weighted by atomic mass is 16.5. The van der Waals surface area contributed by atoms with E-state index < -0.39 is 23.4 Å². The molecule has 0 N–H and O–H groups in total. The van der Waals surface area contributed by atoms with Crippen molar-refractivity contribution >= 4 is 11.9 Å². The normalized spacial score (nSPS) is 20.9. The van der Waals surface area contributed by atoms with E-state index in [1.807, 2.05) is 79.0 Å². The Hall–Kier alpha value is -3.73. The van der Waals surface area contributed by atoms with Crippen molar-refractivity contribution in [3.63, 3.8) is 0 Å². The van der Waals surface area contributed by atoms with E-state index in [2.05, 4.69) is 4.57 Å². The summed E-state index contributed by atoms with van der Waals surface area (Å²) in [6, 6.07) is 23.2. The monoisotopic (exact) mass is 398 g/mol. The van der Waals surface area contributed by atoms with Gasteiger partial charge in [-0.1, -0.05) is 60.7 Å². The fraction of sp³-hybridized carbons (Fsp3) is 0.160. The average Bonchev–Trinajstić information content (AvgIpc) is 2.83. The third-order valence-corrected chi connectivity index (χ3v) is 6.13. The molecule has 0 unspecified atom stereocenters. The van der Waals surface area contributed by atoms with Crippen LogP contribution < -0.4 is 4.57 Å². The van der Waals surface area contributed by atoms with Gasteiger partial charge >= 0.3 is 11.9 Å². The van der Waals surface area contributed by atoms with Gasteiger partial charge in [0.25, 0.3) is 0 Å². The Balaban J connectivity index is 2.04. The summed E-state index contributed by atoms with van der Waals surface area (Å²) in [5.41, 5.74) is 3.38. The molecule has 3 aromatic rings. The maximum absolute atomic E-state index is 13.3. The number of hydrogen-bond donors (Lipinski definition) is 0. The van der Waals surface area contributed by atoms with E-state index in [-0.39, 0.29) is 0 Å². The molecule has 5 heteroatoms. The molecule has 3 heterocycles. The lowest BCUT2D eigenvalue weighted by Gasteiger charge is -2.45. The van der Waals surface area contributed by atoms with Gasteiger partial charge < -0.3 is 9.47 Å². The van der Waals surface area contributed by atoms with Gasteiger partial charge in [-0.15, -0.1) is 0 Å². The Morgan fingerprint density at radius 1 is 0.833 bits per heavy atom. The minimum atomic E-state index is -0.996. The van der Waals surface area contributed by atoms with Gasteiger partial charge in [-0.2, -0.15) is 4.57 Å². The van der Waals surface area contributed by atoms with Gasteiger partial charge in [0.1, 0.15) is 11.0 Å². The number of carbonyl (C=O) groups excluding carboxylic acids is 2. The van der Waals surface area contributed by atoms with Gasteiger partial charge in [0.2, 0.25) is 11.7 Å². The standard InChI is InChI=1S/C25H20NO4/c1-29-23(27)20-21(24(28)30-2)25(16-10-4-3-5-11-16)18-13-7-6-12-17(18)22(20)26-15-9-8-14-19(25)26/h3-15,22H,1-2H3/q+1/t22-,25-/m1/s1. The lowest BCUT2D eigenvalue weighted by atomic mass is 9.57. The zero-order chi connectivity index (χ0) is 20.9. The quantitative estimate of drug-likeness (QED) is 0.503. The van der Waals surface area contributed by atoms with Crippen LogP contribution in [0.3, 0.4) is 0 Å². The third-order valence-electron chi connectivity index (χ3n) is 6.13. The van der Waals surface area contributed by atoms with E-state index in [0.29, 0.717) is 11.1 Å². The van der Waals surface area contributed by atoms with Crippen LogP contribution in [-0.2, 0) is 24.5 Å². The lowest BCUT2D eigenvalue weighted by Crippen LogP contribution is -2.62. The van der Waals surface area contributed by atoms with Crippen LogP contribution in [0.1, 0.15) is 28.4 Å². The van der Waals surface area contributed by atoms with E-state index >= 15 is 0 Å². The molecule has 0 saturated heterocycles. The molecule has 0 radical (unpaired) electrons. The van der Waals surface area contributed by atoms with E-state index in [1.165, 1.54) is 14.2 Å². The highest BCUT2D eigenvalue weighted by molar-refractivity contribution is 6.06. The van der Waals surface area contributed by atoms with Gasteiger partial charge in [-0.05, 0) is 11.1 Å². The molecule has 2 atom stereocenters. The SMILES string of the molecule is COC(=O)C1=C(C(=O)OC)[C@]2(c3ccccc3)c3ccccc3[C@H]1[n+]1ccccc12. The molecule has 0 fully saturated rings. The zero-order valence-electron chi connectivity index (χ0n) is 16.7. The minimum absolute atomic E-state index is 0.315. The first-order valence-corrected chi connectivity index (χ1v) is 9.73. The molecular formula is C25H20NO4+. The fourth-order valence-electron chi connectivity index (χ4n) is 5.08. The summed E-state index contributed by atoms with van der Waals surface area (Å²) in [4.78, 5) is 26.4. The van der Waals surface area contributed by atoms with Crippen molar-refractivity contribution < 1.29 is 23.6 Å². The van der Waals surface area contributed by atoms with Crippen LogP contribution in [0.5, 0.6) is 0 Å². The smallest absolute Gasteiger partial charge is 0.341 e. The topological polar surface area (TPSA) is 56.5 Å². The molecule has 6 rings (SSSR count). The summed E-state index contributed by atoms with van der Waals surface area (Å²) in [6.45, 7) is 0. The van der Waals surface area contributed by atoms with Crippen LogP contribution in [0.25, 0.3) is 0 Å². The molecule has 2 aliphatic heterocycles. The maximum Gasteiger partial charge on any atom is 0.341 e. The second-order valence-electron chi connectivity index (χ2n) is 7.37. The molecular weight excluding hydrogens is 378 g/mol. The largest absolute Gasteiger partial charge is 0.466 e. The molecule has 0 saturated carbocycles. The number of hydrogen-bond acceptors (Lipinski definition) is 4. The summed E-state index contributed by atoms with van der Waals surface area (Å²) in [5.74, 6) is -1.06. The predicted octanol–water partition coefficient (Wildman–Crippen LogP) is 2.87. The Labute approximate surface area is 174 Å². The number of esters is 2. The van der Waals surface area contributed by atoms with Gasteiger partial charge in [0.05, 0.1) is 19.8 Å². The number of methoxy groups -OCH3 is 2. The molecule has 0 amide bonds. The summed E-state index contributed by atoms with van der Waals surface area (Å²) < 4.78 is 12.5. The number of pyridine rings is 1. The van der Waals surface area contributed by atoms with Gasteiger partial charge in [0, 0.05) is 17.7 Å². The fourth-order valence-corrected chi connectivity index (χ4v) is 5.08. The van der Waals surface area contributed by atoms with Crippen molar-refractivity contribution in [3.8, 4) is 0 Å². The zero-order valence-corrected chi connectivity index (χ0v) is 16.7.